The second-order valence-corrected chi connectivity index (χ2v) is 10.7. The van der Waals surface area contributed by atoms with Crippen molar-refractivity contribution >= 4 is 22.2 Å². The van der Waals surface area contributed by atoms with Gasteiger partial charge < -0.3 is 18.3 Å². The molecule has 6 rings (SSSR count). The molecule has 0 amide bonds. The third kappa shape index (κ3) is 8.12. The lowest BCUT2D eigenvalue weighted by Gasteiger charge is -2.13. The number of aromatic amines is 2. The van der Waals surface area contributed by atoms with Crippen molar-refractivity contribution in [1.82, 2.24) is 19.9 Å². The average Bonchev–Trinajstić information content (AvgIpc) is 3.06. The van der Waals surface area contributed by atoms with Gasteiger partial charge in [0.1, 0.15) is 24.0 Å². The van der Waals surface area contributed by atoms with Crippen LogP contribution in [0.25, 0.3) is 22.2 Å². The van der Waals surface area contributed by atoms with Crippen LogP contribution in [-0.2, 0) is 32.2 Å². The van der Waals surface area contributed by atoms with Gasteiger partial charge >= 0.3 is 17.4 Å². The Hall–Kier alpha value is -5.99. The zero-order chi connectivity index (χ0) is 35.3. The highest BCUT2D eigenvalue weighted by atomic mass is 19.4. The minimum Gasteiger partial charge on any atom is -0.460 e. The summed E-state index contributed by atoms with van der Waals surface area (Å²) in [5.41, 5.74) is -0.221. The molecule has 0 bridgehead atoms. The number of halogens is 3. The quantitative estimate of drug-likeness (QED) is 0.214. The fraction of sp³-hybridized carbons (Fsp3) is 0.235. The Morgan fingerprint density at radius 3 is 1.67 bits per heavy atom. The molecule has 254 valence electrons. The summed E-state index contributed by atoms with van der Waals surface area (Å²) in [6.07, 6.45) is -3.59. The number of nitrogens with one attached hydrogen (secondary N) is 2. The first kappa shape index (κ1) is 34.3. The number of aryl methyl sites for hydroxylation is 3. The van der Waals surface area contributed by atoms with Gasteiger partial charge in [-0.15, -0.1) is 0 Å². The van der Waals surface area contributed by atoms with Gasteiger partial charge in [0.05, 0.1) is 5.56 Å². The van der Waals surface area contributed by atoms with Crippen molar-refractivity contribution in [2.24, 2.45) is 0 Å². The molecule has 0 spiro atoms. The van der Waals surface area contributed by atoms with E-state index < -0.39 is 35.2 Å². The third-order valence-electron chi connectivity index (χ3n) is 7.30. The minimum atomic E-state index is -4.53. The van der Waals surface area contributed by atoms with E-state index in [4.69, 9.17) is 18.3 Å². The summed E-state index contributed by atoms with van der Waals surface area (Å²) in [6.45, 7) is 5.40. The predicted octanol–water partition coefficient (Wildman–Crippen LogP) is 5.36. The number of hydrogen-bond donors (Lipinski definition) is 2. The van der Waals surface area contributed by atoms with Crippen LogP contribution in [0.4, 0.5) is 13.2 Å². The van der Waals surface area contributed by atoms with Gasteiger partial charge in [-0.2, -0.15) is 23.1 Å². The Morgan fingerprint density at radius 2 is 1.18 bits per heavy atom. The molecule has 0 saturated carbocycles. The van der Waals surface area contributed by atoms with E-state index in [0.717, 1.165) is 17.2 Å². The highest BCUT2D eigenvalue weighted by molar-refractivity contribution is 5.76. The summed E-state index contributed by atoms with van der Waals surface area (Å²) in [7, 11) is 0. The molecule has 49 heavy (non-hydrogen) atoms. The molecule has 0 aliphatic carbocycles. The van der Waals surface area contributed by atoms with Gasteiger partial charge in [-0.25, -0.2) is 9.59 Å². The van der Waals surface area contributed by atoms with Crippen LogP contribution >= 0.6 is 0 Å². The maximum Gasteiger partial charge on any atom is 0.416 e. The molecule has 6 aromatic rings. The van der Waals surface area contributed by atoms with Crippen molar-refractivity contribution in [2.45, 2.75) is 53.0 Å². The van der Waals surface area contributed by atoms with Crippen LogP contribution in [0.2, 0.25) is 0 Å². The number of ether oxygens (including phenoxy) is 2. The smallest absolute Gasteiger partial charge is 0.416 e. The van der Waals surface area contributed by atoms with Crippen LogP contribution in [0.1, 0.15) is 47.2 Å². The topological polar surface area (TPSA) is 170 Å². The number of aromatic nitrogens is 4. The lowest BCUT2D eigenvalue weighted by Crippen LogP contribution is -2.16. The van der Waals surface area contributed by atoms with Crippen LogP contribution in [-0.4, -0.2) is 19.9 Å². The first-order valence-electron chi connectivity index (χ1n) is 15.0. The molecule has 4 heterocycles. The zero-order valence-corrected chi connectivity index (χ0v) is 26.4. The number of fused-ring (bicyclic) bond motifs is 2. The molecular formula is C34H29F3N4O8. The molecule has 0 radical (unpaired) electrons. The van der Waals surface area contributed by atoms with E-state index in [1.54, 1.807) is 6.92 Å². The molecule has 2 aromatic carbocycles. The van der Waals surface area contributed by atoms with Gasteiger partial charge in [-0.05, 0) is 42.5 Å². The first-order chi connectivity index (χ1) is 23.4. The lowest BCUT2D eigenvalue weighted by molar-refractivity contribution is -0.138. The molecule has 4 aromatic heterocycles. The third-order valence-corrected chi connectivity index (χ3v) is 7.30. The van der Waals surface area contributed by atoms with Gasteiger partial charge in [0.25, 0.3) is 23.1 Å². The van der Waals surface area contributed by atoms with Crippen LogP contribution in [0.5, 0.6) is 12.0 Å². The number of rotatable bonds is 8. The molecule has 0 unspecified atom stereocenters. The SMILES string of the molecule is CCc1cc(=O)oc2nc(OCc3ccc(C)cc3)[nH]c(=O)c12.CCc1cc(=O)oc2nc(OCc3ccccc3C(F)(F)F)[nH]c(=O)c12. The van der Waals surface area contributed by atoms with Crippen LogP contribution in [0.3, 0.4) is 0 Å². The second-order valence-electron chi connectivity index (χ2n) is 10.7. The fourth-order valence-electron chi connectivity index (χ4n) is 4.86. The van der Waals surface area contributed by atoms with Gasteiger partial charge in [-0.1, -0.05) is 61.9 Å². The van der Waals surface area contributed by atoms with Crippen molar-refractivity contribution in [3.05, 3.63) is 136 Å². The van der Waals surface area contributed by atoms with Gasteiger partial charge in [0.2, 0.25) is 11.4 Å². The summed E-state index contributed by atoms with van der Waals surface area (Å²) in [4.78, 5) is 60.4. The average molecular weight is 679 g/mol. The molecule has 2 N–H and O–H groups in total. The summed E-state index contributed by atoms with van der Waals surface area (Å²) in [5.74, 6) is 0. The van der Waals surface area contributed by atoms with E-state index in [2.05, 4.69) is 19.9 Å². The van der Waals surface area contributed by atoms with Crippen LogP contribution in [0.15, 0.2) is 88.7 Å². The molecule has 0 fully saturated rings. The normalized spacial score (nSPS) is 11.3. The van der Waals surface area contributed by atoms with E-state index in [-0.39, 0.29) is 51.9 Å². The minimum absolute atomic E-state index is 0.00277. The Balaban J connectivity index is 0.000000192. The molecule has 12 nitrogen and oxygen atoms in total. The highest BCUT2D eigenvalue weighted by Crippen LogP contribution is 2.32. The summed E-state index contributed by atoms with van der Waals surface area (Å²) in [5, 5.41) is 0.393. The van der Waals surface area contributed by atoms with E-state index in [9.17, 15) is 32.3 Å². The summed E-state index contributed by atoms with van der Waals surface area (Å²) < 4.78 is 59.6. The van der Waals surface area contributed by atoms with Gasteiger partial charge in [0, 0.05) is 17.7 Å². The van der Waals surface area contributed by atoms with Crippen LogP contribution in [0, 0.1) is 6.92 Å². The monoisotopic (exact) mass is 678 g/mol. The summed E-state index contributed by atoms with van der Waals surface area (Å²) >= 11 is 0. The largest absolute Gasteiger partial charge is 0.460 e. The first-order valence-corrected chi connectivity index (χ1v) is 15.0. The Morgan fingerprint density at radius 1 is 0.694 bits per heavy atom. The Bertz CT molecular complexity index is 2360. The van der Waals surface area contributed by atoms with E-state index in [0.29, 0.717) is 24.0 Å². The van der Waals surface area contributed by atoms with Crippen molar-refractivity contribution in [3.8, 4) is 12.0 Å². The lowest BCUT2D eigenvalue weighted by atomic mass is 10.1. The second kappa shape index (κ2) is 14.4. The predicted molar refractivity (Wildman–Crippen MR) is 172 cm³/mol. The maximum absolute atomic E-state index is 13.0. The van der Waals surface area contributed by atoms with Crippen molar-refractivity contribution in [1.29, 1.82) is 0 Å². The standard InChI is InChI=1S/C17H13F3N2O4.C17H16N2O4/c1-2-9-7-12(23)26-15-13(9)14(24)21-16(22-15)25-8-10-5-3-4-6-11(10)17(18,19)20;1-3-12-8-13(20)23-16-14(12)15(21)18-17(19-16)22-9-11-6-4-10(2)5-7-11/h3-7H,2,8H2,1H3,(H,21,22,24);4-8H,3,9H2,1-2H3,(H,18,19,21). The molecule has 0 atom stereocenters. The van der Waals surface area contributed by atoms with Crippen molar-refractivity contribution in [3.63, 3.8) is 0 Å². The number of benzene rings is 2. The highest BCUT2D eigenvalue weighted by Gasteiger charge is 2.33. The Kier molecular flexibility index (Phi) is 10.1. The molecular weight excluding hydrogens is 649 g/mol. The van der Waals surface area contributed by atoms with Crippen molar-refractivity contribution in [2.75, 3.05) is 0 Å². The number of H-pyrrole nitrogens is 2. The number of nitrogens with zero attached hydrogens (tertiary/aromatic N) is 2. The van der Waals surface area contributed by atoms with Crippen LogP contribution < -0.4 is 31.8 Å². The zero-order valence-electron chi connectivity index (χ0n) is 26.4. The summed E-state index contributed by atoms with van der Waals surface area (Å²) in [6, 6.07) is 14.9. The number of alkyl halides is 3. The van der Waals surface area contributed by atoms with Gasteiger partial charge in [0.15, 0.2) is 0 Å². The molecule has 0 aliphatic heterocycles. The van der Waals surface area contributed by atoms with Crippen molar-refractivity contribution < 1.29 is 31.5 Å². The Labute approximate surface area is 274 Å². The van der Waals surface area contributed by atoms with E-state index >= 15 is 0 Å². The van der Waals surface area contributed by atoms with E-state index in [1.807, 2.05) is 38.1 Å². The maximum atomic E-state index is 13.0. The molecule has 15 heteroatoms. The van der Waals surface area contributed by atoms with E-state index in [1.165, 1.54) is 30.3 Å². The molecule has 0 saturated heterocycles. The van der Waals surface area contributed by atoms with Gasteiger partial charge in [-0.3, -0.25) is 19.6 Å². The molecule has 0 aliphatic rings. The fourth-order valence-corrected chi connectivity index (χ4v) is 4.86. The number of hydrogen-bond acceptors (Lipinski definition) is 10.